The van der Waals surface area contributed by atoms with Gasteiger partial charge >= 0.3 is 13.9 Å². The highest BCUT2D eigenvalue weighted by Gasteiger charge is 2.47. The summed E-state index contributed by atoms with van der Waals surface area (Å²) in [6, 6.07) is 9.85. The number of rotatable bonds is 14. The average Bonchev–Trinajstić information content (AvgIpc) is 3.40. The number of urea groups is 1. The number of pyridine rings is 2. The lowest BCUT2D eigenvalue weighted by atomic mass is 10.1. The monoisotopic (exact) mass is 747 g/mol. The van der Waals surface area contributed by atoms with E-state index in [4.69, 9.17) is 20.3 Å². The van der Waals surface area contributed by atoms with Gasteiger partial charge in [-0.15, -0.1) is 0 Å². The number of anilines is 3. The molecule has 4 atom stereocenters. The number of amides is 3. The average molecular weight is 748 g/mol. The number of aromatic nitrogens is 2. The number of nitrogens with one attached hydrogen (secondary N) is 4. The fourth-order valence-corrected chi connectivity index (χ4v) is 6.34. The third kappa shape index (κ3) is 10.2. The highest BCUT2D eigenvalue weighted by molar-refractivity contribution is 7.46. The molecule has 3 aromatic rings. The number of aliphatic hydroxyl groups is 2. The normalized spacial score (nSPS) is 20.7. The fraction of sp³-hybridized carbons (Fsp3) is 0.455. The van der Waals surface area contributed by atoms with E-state index in [1.54, 1.807) is 24.3 Å². The Bertz CT molecular complexity index is 1780. The molecule has 2 fully saturated rings. The van der Waals surface area contributed by atoms with Crippen molar-refractivity contribution in [2.75, 3.05) is 55.7 Å². The van der Waals surface area contributed by atoms with Gasteiger partial charge in [-0.05, 0) is 63.2 Å². The number of carbonyl (C=O) groups is 2. The number of halogens is 1. The molecule has 4 heterocycles. The van der Waals surface area contributed by atoms with Crippen LogP contribution in [0.4, 0.5) is 26.5 Å². The van der Waals surface area contributed by atoms with Crippen LogP contribution in [-0.4, -0.2) is 99.5 Å². The summed E-state index contributed by atoms with van der Waals surface area (Å²) < 4.78 is 37.5. The molecule has 17 nitrogen and oxygen atoms in total. The van der Waals surface area contributed by atoms with Gasteiger partial charge in [0.05, 0.1) is 29.7 Å². The Morgan fingerprint density at radius 2 is 1.87 bits per heavy atom. The van der Waals surface area contributed by atoms with Crippen molar-refractivity contribution < 1.29 is 52.4 Å². The first kappa shape index (κ1) is 39.0. The number of hydrogen-bond donors (Lipinski definition) is 9. The minimum Gasteiger partial charge on any atom is -0.387 e. The summed E-state index contributed by atoms with van der Waals surface area (Å²) in [5.41, 5.74) is 7.68. The molecule has 282 valence electrons. The van der Waals surface area contributed by atoms with E-state index in [0.717, 1.165) is 19.6 Å². The molecule has 2 aliphatic heterocycles. The van der Waals surface area contributed by atoms with E-state index < -0.39 is 50.8 Å². The molecule has 10 N–H and O–H groups in total. The first-order valence-corrected chi connectivity index (χ1v) is 18.5. The number of likely N-dealkylation sites (tertiary alicyclic amines) is 1. The standard InChI is InChI=1S/C33H44FN8O9P/c1-2-36-30-22(31(45)37-12-15-41-13-4-3-5-14-41)8-10-24(39-30)21-7-9-25(23(34)16-21)40-33(46)38-17-20-6-11-27(35)42(18-20)32-29(44)28(43)26(51-32)19-50-52(47,48)49/h6-11,16,18,26,28-29,32,35,43-44H,2-5,12-15,17,19H2,1H3,(H6,36,37,38,39,40,45,46,47,48,49)/p+1/t26-,28-,29-,32-/m1/s1. The Morgan fingerprint density at radius 1 is 1.10 bits per heavy atom. The van der Waals surface area contributed by atoms with Gasteiger partial charge < -0.3 is 50.9 Å². The van der Waals surface area contributed by atoms with Crippen molar-refractivity contribution in [1.82, 2.24) is 20.5 Å². The molecule has 2 aromatic heterocycles. The zero-order valence-corrected chi connectivity index (χ0v) is 29.5. The molecular weight excluding hydrogens is 702 g/mol. The molecule has 19 heteroatoms. The van der Waals surface area contributed by atoms with Gasteiger partial charge in [-0.25, -0.2) is 23.3 Å². The van der Waals surface area contributed by atoms with Crippen LogP contribution in [0.1, 0.15) is 48.3 Å². The Morgan fingerprint density at radius 3 is 2.58 bits per heavy atom. The Kier molecular flexibility index (Phi) is 13.1. The van der Waals surface area contributed by atoms with Crippen LogP contribution in [0, 0.1) is 5.82 Å². The molecule has 0 spiro atoms. The van der Waals surface area contributed by atoms with Gasteiger partial charge in [0.15, 0.2) is 0 Å². The number of nitrogen functional groups attached to an aromatic ring is 1. The highest BCUT2D eigenvalue weighted by atomic mass is 31.2. The van der Waals surface area contributed by atoms with E-state index in [1.165, 1.54) is 48.2 Å². The highest BCUT2D eigenvalue weighted by Crippen LogP contribution is 2.38. The van der Waals surface area contributed by atoms with Crippen LogP contribution in [0.3, 0.4) is 0 Å². The van der Waals surface area contributed by atoms with Crippen LogP contribution < -0.4 is 31.6 Å². The third-order valence-electron chi connectivity index (χ3n) is 8.70. The molecule has 0 radical (unpaired) electrons. The minimum atomic E-state index is -4.85. The number of nitrogens with zero attached hydrogens (tertiary/aromatic N) is 3. The van der Waals surface area contributed by atoms with Crippen molar-refractivity contribution in [2.24, 2.45) is 0 Å². The maximum atomic E-state index is 15.2. The van der Waals surface area contributed by atoms with Crippen LogP contribution in [0.15, 0.2) is 48.7 Å². The molecule has 1 aromatic carbocycles. The molecule has 5 rings (SSSR count). The number of phosphoric acid groups is 1. The summed E-state index contributed by atoms with van der Waals surface area (Å²) >= 11 is 0. The zero-order chi connectivity index (χ0) is 37.4. The molecule has 2 aliphatic rings. The maximum Gasteiger partial charge on any atom is 0.469 e. The van der Waals surface area contributed by atoms with Gasteiger partial charge in [0.25, 0.3) is 11.7 Å². The molecule has 0 saturated carbocycles. The third-order valence-corrected chi connectivity index (χ3v) is 9.19. The molecular formula is C33H45FN8O9P+. The number of benzene rings is 1. The van der Waals surface area contributed by atoms with Crippen LogP contribution in [0.25, 0.3) is 11.3 Å². The Labute approximate surface area is 299 Å². The molecule has 0 unspecified atom stereocenters. The minimum absolute atomic E-state index is 0.0583. The lowest BCUT2D eigenvalue weighted by molar-refractivity contribution is -0.753. The SMILES string of the molecule is CCNc1nc(-c2ccc(NC(=O)NCc3ccc(N)[n+]([C@@H]4O[C@H](COP(=O)(O)O)[C@@H](O)[C@H]4O)c3)c(F)c2)ccc1C(=O)NCCN1CCCCC1. The maximum absolute atomic E-state index is 15.2. The van der Waals surface area contributed by atoms with Crippen molar-refractivity contribution in [2.45, 2.75) is 57.3 Å². The van der Waals surface area contributed by atoms with Gasteiger partial charge in [-0.3, -0.25) is 15.1 Å². The predicted molar refractivity (Wildman–Crippen MR) is 187 cm³/mol. The van der Waals surface area contributed by atoms with Gasteiger partial charge in [-0.2, -0.15) is 0 Å². The number of phosphoric ester groups is 1. The Balaban J connectivity index is 1.18. The van der Waals surface area contributed by atoms with Crippen molar-refractivity contribution >= 4 is 37.1 Å². The van der Waals surface area contributed by atoms with Gasteiger partial charge in [0.1, 0.15) is 29.9 Å². The quantitative estimate of drug-likeness (QED) is 0.0839. The molecule has 2 saturated heterocycles. The Hall–Kier alpha value is -4.26. The van der Waals surface area contributed by atoms with Crippen molar-refractivity contribution in [3.8, 4) is 11.3 Å². The van der Waals surface area contributed by atoms with Gasteiger partial charge in [0.2, 0.25) is 6.23 Å². The van der Waals surface area contributed by atoms with Crippen molar-refractivity contribution in [3.63, 3.8) is 0 Å². The molecule has 52 heavy (non-hydrogen) atoms. The second kappa shape index (κ2) is 17.5. The van der Waals surface area contributed by atoms with E-state index in [2.05, 4.69) is 35.7 Å². The second-order valence-corrected chi connectivity index (χ2v) is 13.7. The molecule has 0 aliphatic carbocycles. The largest absolute Gasteiger partial charge is 0.469 e. The first-order valence-electron chi connectivity index (χ1n) is 16.9. The lowest BCUT2D eigenvalue weighted by Crippen LogP contribution is -2.48. The van der Waals surface area contributed by atoms with Crippen LogP contribution in [0.5, 0.6) is 0 Å². The van der Waals surface area contributed by atoms with Gasteiger partial charge in [-0.1, -0.05) is 12.5 Å². The second-order valence-electron chi connectivity index (χ2n) is 12.5. The van der Waals surface area contributed by atoms with Gasteiger partial charge in [0, 0.05) is 43.4 Å². The van der Waals surface area contributed by atoms with Crippen LogP contribution >= 0.6 is 7.82 Å². The van der Waals surface area contributed by atoms with Crippen molar-refractivity contribution in [1.29, 1.82) is 0 Å². The van der Waals surface area contributed by atoms with E-state index in [9.17, 15) is 24.4 Å². The van der Waals surface area contributed by atoms with E-state index in [1.807, 2.05) is 6.92 Å². The zero-order valence-electron chi connectivity index (χ0n) is 28.6. The summed E-state index contributed by atoms with van der Waals surface area (Å²) in [6.07, 6.45) is -0.499. The van der Waals surface area contributed by atoms with Crippen molar-refractivity contribution in [3.05, 3.63) is 65.6 Å². The molecule has 0 bridgehead atoms. The van der Waals surface area contributed by atoms with E-state index in [-0.39, 0.29) is 24.0 Å². The first-order chi connectivity index (χ1) is 24.8. The number of aliphatic hydroxyl groups excluding tert-OH is 2. The summed E-state index contributed by atoms with van der Waals surface area (Å²) in [4.78, 5) is 50.5. The van der Waals surface area contributed by atoms with Crippen LogP contribution in [0.2, 0.25) is 0 Å². The molecule has 3 amide bonds. The summed E-state index contributed by atoms with van der Waals surface area (Å²) in [6.45, 7) is 5.04. The number of carbonyl (C=O) groups excluding carboxylic acids is 2. The number of hydrogen-bond acceptors (Lipinski definition) is 11. The number of piperidine rings is 1. The topological polar surface area (TPSA) is 245 Å². The lowest BCUT2D eigenvalue weighted by Gasteiger charge is -2.26. The summed E-state index contributed by atoms with van der Waals surface area (Å²) in [5, 5.41) is 32.0. The number of nitrogens with two attached hydrogens (primary N) is 1. The predicted octanol–water partition coefficient (Wildman–Crippen LogP) is 1.46. The smallest absolute Gasteiger partial charge is 0.387 e. The van der Waals surface area contributed by atoms with E-state index in [0.29, 0.717) is 41.3 Å². The summed E-state index contributed by atoms with van der Waals surface area (Å²) in [5.74, 6) is -0.468. The van der Waals surface area contributed by atoms with E-state index >= 15 is 4.39 Å². The summed E-state index contributed by atoms with van der Waals surface area (Å²) in [7, 11) is -4.85. The van der Waals surface area contributed by atoms with Crippen LogP contribution in [-0.2, 0) is 20.4 Å². The fourth-order valence-electron chi connectivity index (χ4n) is 6.00. The number of ether oxygens (including phenoxy) is 1.